The zero-order valence-corrected chi connectivity index (χ0v) is 21.1. The Balaban J connectivity index is 1.52. The first-order chi connectivity index (χ1) is 16.8. The quantitative estimate of drug-likeness (QED) is 0.320. The average molecular weight is 476 g/mol. The number of carbonyl (C=O) groups is 2. The van der Waals surface area contributed by atoms with E-state index >= 15 is 0 Å². The monoisotopic (exact) mass is 475 g/mol. The lowest BCUT2D eigenvalue weighted by molar-refractivity contribution is -0.147. The van der Waals surface area contributed by atoms with Gasteiger partial charge in [0.15, 0.2) is 6.61 Å². The fraction of sp³-hybridized carbons (Fsp3) is 0.321. The van der Waals surface area contributed by atoms with E-state index in [4.69, 9.17) is 9.47 Å². The maximum atomic E-state index is 12.4. The van der Waals surface area contributed by atoms with Crippen molar-refractivity contribution in [2.45, 2.75) is 40.8 Å². The molecular formula is C28H33N3O4. The van der Waals surface area contributed by atoms with Crippen molar-refractivity contribution >= 4 is 18.0 Å². The van der Waals surface area contributed by atoms with Crippen molar-refractivity contribution in [3.8, 4) is 5.75 Å². The number of aryl methyl sites for hydroxylation is 2. The fourth-order valence-corrected chi connectivity index (χ4v) is 3.63. The lowest BCUT2D eigenvalue weighted by Crippen LogP contribution is -2.30. The molecule has 0 aliphatic rings. The van der Waals surface area contributed by atoms with E-state index in [1.54, 1.807) is 13.1 Å². The highest BCUT2D eigenvalue weighted by Gasteiger charge is 2.13. The van der Waals surface area contributed by atoms with Gasteiger partial charge in [0.1, 0.15) is 5.75 Å². The Bertz CT molecular complexity index is 1180. The number of amides is 1. The van der Waals surface area contributed by atoms with Gasteiger partial charge in [-0.3, -0.25) is 9.48 Å². The number of nitrogens with zero attached hydrogens (tertiary/aromatic N) is 3. The molecule has 3 rings (SSSR count). The number of rotatable bonds is 10. The highest BCUT2D eigenvalue weighted by atomic mass is 16.5. The van der Waals surface area contributed by atoms with Crippen LogP contribution >= 0.6 is 0 Å². The predicted molar refractivity (Wildman–Crippen MR) is 136 cm³/mol. The molecule has 1 aromatic heterocycles. The van der Waals surface area contributed by atoms with E-state index in [2.05, 4.69) is 36.3 Å². The zero-order chi connectivity index (χ0) is 25.4. The van der Waals surface area contributed by atoms with E-state index in [1.807, 2.05) is 49.7 Å². The van der Waals surface area contributed by atoms with Crippen molar-refractivity contribution in [1.82, 2.24) is 14.7 Å². The SMILES string of the molecule is CCOc1ccc(CN(C)C(=O)COC(=O)/C=C/c2c(C)nn(Cc3ccc(C)cc3)c2C)cc1. The van der Waals surface area contributed by atoms with Gasteiger partial charge < -0.3 is 14.4 Å². The van der Waals surface area contributed by atoms with Crippen LogP contribution in [-0.2, 0) is 27.4 Å². The minimum atomic E-state index is -0.571. The number of aromatic nitrogens is 2. The van der Waals surface area contributed by atoms with Crippen LogP contribution in [0.5, 0.6) is 5.75 Å². The number of hydrogen-bond donors (Lipinski definition) is 0. The summed E-state index contributed by atoms with van der Waals surface area (Å²) in [6, 6.07) is 15.9. The van der Waals surface area contributed by atoms with Gasteiger partial charge in [-0.2, -0.15) is 5.10 Å². The molecular weight excluding hydrogens is 442 g/mol. The van der Waals surface area contributed by atoms with E-state index < -0.39 is 5.97 Å². The van der Waals surface area contributed by atoms with Gasteiger partial charge >= 0.3 is 5.97 Å². The van der Waals surface area contributed by atoms with Crippen LogP contribution in [0.2, 0.25) is 0 Å². The molecule has 1 amide bonds. The first-order valence-electron chi connectivity index (χ1n) is 11.7. The van der Waals surface area contributed by atoms with Gasteiger partial charge in [-0.05, 0) is 57.0 Å². The third-order valence-electron chi connectivity index (χ3n) is 5.69. The Kier molecular flexibility index (Phi) is 8.84. The summed E-state index contributed by atoms with van der Waals surface area (Å²) in [7, 11) is 1.68. The van der Waals surface area contributed by atoms with Gasteiger partial charge in [-0.25, -0.2) is 4.79 Å². The van der Waals surface area contributed by atoms with Crippen LogP contribution in [0.1, 0.15) is 40.6 Å². The summed E-state index contributed by atoms with van der Waals surface area (Å²) < 4.78 is 12.5. The highest BCUT2D eigenvalue weighted by Crippen LogP contribution is 2.17. The van der Waals surface area contributed by atoms with Crippen molar-refractivity contribution in [2.24, 2.45) is 0 Å². The second kappa shape index (κ2) is 12.0. The molecule has 3 aromatic rings. The molecule has 0 unspecified atom stereocenters. The number of benzene rings is 2. The Morgan fingerprint density at radius 3 is 2.31 bits per heavy atom. The molecule has 7 heteroatoms. The van der Waals surface area contributed by atoms with E-state index in [-0.39, 0.29) is 12.5 Å². The van der Waals surface area contributed by atoms with Crippen LogP contribution in [0.15, 0.2) is 54.6 Å². The molecule has 7 nitrogen and oxygen atoms in total. The highest BCUT2D eigenvalue weighted by molar-refractivity contribution is 5.89. The zero-order valence-electron chi connectivity index (χ0n) is 21.1. The van der Waals surface area contributed by atoms with Crippen molar-refractivity contribution < 1.29 is 19.1 Å². The summed E-state index contributed by atoms with van der Waals surface area (Å²) in [5.41, 5.74) is 5.98. The minimum absolute atomic E-state index is 0.279. The molecule has 0 fully saturated rings. The predicted octanol–water partition coefficient (Wildman–Crippen LogP) is 4.47. The largest absolute Gasteiger partial charge is 0.494 e. The molecule has 1 heterocycles. The molecule has 0 saturated heterocycles. The lowest BCUT2D eigenvalue weighted by Gasteiger charge is -2.17. The third kappa shape index (κ3) is 7.30. The third-order valence-corrected chi connectivity index (χ3v) is 5.69. The molecule has 184 valence electrons. The maximum absolute atomic E-state index is 12.4. The van der Waals surface area contributed by atoms with Crippen LogP contribution in [0.25, 0.3) is 6.08 Å². The van der Waals surface area contributed by atoms with Crippen molar-refractivity contribution in [3.63, 3.8) is 0 Å². The van der Waals surface area contributed by atoms with Crippen molar-refractivity contribution in [3.05, 3.63) is 88.2 Å². The molecule has 0 bridgehead atoms. The summed E-state index contributed by atoms with van der Waals surface area (Å²) >= 11 is 0. The smallest absolute Gasteiger partial charge is 0.331 e. The lowest BCUT2D eigenvalue weighted by atomic mass is 10.1. The van der Waals surface area contributed by atoms with Gasteiger partial charge in [-0.1, -0.05) is 42.0 Å². The van der Waals surface area contributed by atoms with Crippen LogP contribution < -0.4 is 4.74 Å². The van der Waals surface area contributed by atoms with E-state index in [9.17, 15) is 9.59 Å². The number of hydrogen-bond acceptors (Lipinski definition) is 5. The van der Waals surface area contributed by atoms with E-state index in [0.717, 1.165) is 33.8 Å². The Morgan fingerprint density at radius 1 is 1.00 bits per heavy atom. The Labute approximate surface area is 207 Å². The molecule has 35 heavy (non-hydrogen) atoms. The van der Waals surface area contributed by atoms with Gasteiger partial charge in [0.2, 0.25) is 0 Å². The summed E-state index contributed by atoms with van der Waals surface area (Å²) in [5.74, 6) is -0.0612. The topological polar surface area (TPSA) is 73.7 Å². The summed E-state index contributed by atoms with van der Waals surface area (Å²) in [5, 5.41) is 4.60. The van der Waals surface area contributed by atoms with Crippen LogP contribution in [0.4, 0.5) is 0 Å². The molecule has 0 atom stereocenters. The fourth-order valence-electron chi connectivity index (χ4n) is 3.63. The van der Waals surface area contributed by atoms with Crippen LogP contribution in [-0.4, -0.2) is 46.8 Å². The minimum Gasteiger partial charge on any atom is -0.494 e. The number of esters is 1. The normalized spacial score (nSPS) is 11.0. The first kappa shape index (κ1) is 25.7. The van der Waals surface area contributed by atoms with E-state index in [1.165, 1.54) is 16.5 Å². The second-order valence-corrected chi connectivity index (χ2v) is 8.50. The standard InChI is InChI=1S/C28H33N3O4/c1-6-34-25-13-11-23(12-14-25)17-30(5)27(32)19-35-28(33)16-15-26-21(3)29-31(22(26)4)18-24-9-7-20(2)8-10-24/h7-16H,6,17-19H2,1-5H3/b16-15+. The second-order valence-electron chi connectivity index (χ2n) is 8.50. The van der Waals surface area contributed by atoms with Crippen molar-refractivity contribution in [2.75, 3.05) is 20.3 Å². The molecule has 0 aliphatic heterocycles. The molecule has 0 radical (unpaired) electrons. The average Bonchev–Trinajstić information content (AvgIpc) is 3.10. The number of carbonyl (C=O) groups excluding carboxylic acids is 2. The molecule has 0 saturated carbocycles. The van der Waals surface area contributed by atoms with Gasteiger partial charge in [0, 0.05) is 30.9 Å². The molecule has 0 aliphatic carbocycles. The van der Waals surface area contributed by atoms with Crippen LogP contribution in [0, 0.1) is 20.8 Å². The maximum Gasteiger partial charge on any atom is 0.331 e. The summed E-state index contributed by atoms with van der Waals surface area (Å²) in [6.45, 7) is 9.22. The molecule has 0 spiro atoms. The van der Waals surface area contributed by atoms with Gasteiger partial charge in [0.05, 0.1) is 18.8 Å². The van der Waals surface area contributed by atoms with Crippen LogP contribution in [0.3, 0.4) is 0 Å². The summed E-state index contributed by atoms with van der Waals surface area (Å²) in [4.78, 5) is 26.1. The number of ether oxygens (including phenoxy) is 2. The van der Waals surface area contributed by atoms with Gasteiger partial charge in [0.25, 0.3) is 5.91 Å². The molecule has 2 aromatic carbocycles. The summed E-state index contributed by atoms with van der Waals surface area (Å²) in [6.07, 6.45) is 3.03. The number of likely N-dealkylation sites (N-methyl/N-ethyl adjacent to an activating group) is 1. The molecule has 0 N–H and O–H groups in total. The Morgan fingerprint density at radius 2 is 1.66 bits per heavy atom. The Hall–Kier alpha value is -3.87. The van der Waals surface area contributed by atoms with E-state index in [0.29, 0.717) is 19.7 Å². The van der Waals surface area contributed by atoms with Crippen molar-refractivity contribution in [1.29, 1.82) is 0 Å². The first-order valence-corrected chi connectivity index (χ1v) is 11.7. The van der Waals surface area contributed by atoms with Gasteiger partial charge in [-0.15, -0.1) is 0 Å².